The standard InChI is InChI=1S/C14H20N2O4S2/c17-12(9-15-22(18,19)13-3-1-8-21-13)16-6-2-4-14(10-16)5-7-20-11-14/h1,3,8,15H,2,4-7,9-11H2/t14-/m0/s1. The zero-order chi connectivity index (χ0) is 15.6. The van der Waals surface area contributed by atoms with Crippen LogP contribution >= 0.6 is 11.3 Å². The minimum Gasteiger partial charge on any atom is -0.381 e. The van der Waals surface area contributed by atoms with Gasteiger partial charge in [0, 0.05) is 25.1 Å². The number of hydrogen-bond donors (Lipinski definition) is 1. The minimum atomic E-state index is -3.58. The van der Waals surface area contributed by atoms with Gasteiger partial charge in [-0.3, -0.25) is 4.79 Å². The summed E-state index contributed by atoms with van der Waals surface area (Å²) in [7, 11) is -3.58. The van der Waals surface area contributed by atoms with Gasteiger partial charge in [-0.05, 0) is 30.7 Å². The van der Waals surface area contributed by atoms with E-state index in [-0.39, 0.29) is 22.1 Å². The lowest BCUT2D eigenvalue weighted by Crippen LogP contribution is -2.49. The Hall–Kier alpha value is -0.960. The highest BCUT2D eigenvalue weighted by atomic mass is 32.2. The summed E-state index contributed by atoms with van der Waals surface area (Å²) in [5.74, 6) is -0.161. The first-order valence-electron chi connectivity index (χ1n) is 7.40. The summed E-state index contributed by atoms with van der Waals surface area (Å²) in [5, 5.41) is 1.70. The number of likely N-dealkylation sites (tertiary alicyclic amines) is 1. The molecule has 2 aliphatic heterocycles. The number of rotatable bonds is 4. The molecule has 0 radical (unpaired) electrons. The van der Waals surface area contributed by atoms with Crippen molar-refractivity contribution < 1.29 is 17.9 Å². The lowest BCUT2D eigenvalue weighted by molar-refractivity contribution is -0.133. The molecule has 1 spiro atoms. The molecular formula is C14H20N2O4S2. The largest absolute Gasteiger partial charge is 0.381 e. The topological polar surface area (TPSA) is 75.7 Å². The first-order chi connectivity index (χ1) is 10.5. The van der Waals surface area contributed by atoms with Crippen LogP contribution in [-0.2, 0) is 19.6 Å². The fourth-order valence-electron chi connectivity index (χ4n) is 3.15. The van der Waals surface area contributed by atoms with Gasteiger partial charge in [0.05, 0.1) is 13.2 Å². The summed E-state index contributed by atoms with van der Waals surface area (Å²) in [6.07, 6.45) is 3.02. The van der Waals surface area contributed by atoms with Crippen molar-refractivity contribution in [3.05, 3.63) is 17.5 Å². The molecule has 8 heteroatoms. The predicted molar refractivity (Wildman–Crippen MR) is 83.2 cm³/mol. The van der Waals surface area contributed by atoms with Gasteiger partial charge in [0.2, 0.25) is 5.91 Å². The van der Waals surface area contributed by atoms with Gasteiger partial charge in [0.15, 0.2) is 0 Å². The van der Waals surface area contributed by atoms with Crippen LogP contribution in [0, 0.1) is 5.41 Å². The molecule has 2 fully saturated rings. The summed E-state index contributed by atoms with van der Waals surface area (Å²) >= 11 is 1.14. The Bertz CT molecular complexity index is 621. The SMILES string of the molecule is O=C(CNS(=O)(=O)c1cccs1)N1CCC[C@]2(CCOC2)C1. The third-order valence-corrected chi connectivity index (χ3v) is 7.17. The Morgan fingerprint density at radius 2 is 2.32 bits per heavy atom. The van der Waals surface area contributed by atoms with Crippen LogP contribution in [0.15, 0.2) is 21.7 Å². The highest BCUT2D eigenvalue weighted by Gasteiger charge is 2.40. The maximum absolute atomic E-state index is 12.3. The Morgan fingerprint density at radius 3 is 3.00 bits per heavy atom. The van der Waals surface area contributed by atoms with Crippen molar-refractivity contribution >= 4 is 27.3 Å². The van der Waals surface area contributed by atoms with E-state index in [1.807, 2.05) is 0 Å². The van der Waals surface area contributed by atoms with E-state index in [1.165, 1.54) is 6.07 Å². The van der Waals surface area contributed by atoms with Crippen LogP contribution < -0.4 is 4.72 Å². The van der Waals surface area contributed by atoms with Crippen molar-refractivity contribution in [2.75, 3.05) is 32.8 Å². The number of carbonyl (C=O) groups is 1. The van der Waals surface area contributed by atoms with E-state index in [2.05, 4.69) is 4.72 Å². The van der Waals surface area contributed by atoms with Gasteiger partial charge in [-0.1, -0.05) is 6.07 Å². The molecule has 1 amide bonds. The van der Waals surface area contributed by atoms with E-state index in [9.17, 15) is 13.2 Å². The van der Waals surface area contributed by atoms with Gasteiger partial charge in [-0.2, -0.15) is 0 Å². The molecule has 22 heavy (non-hydrogen) atoms. The number of piperidine rings is 1. The second-order valence-corrected chi connectivity index (χ2v) is 8.92. The Kier molecular flexibility index (Phi) is 4.54. The van der Waals surface area contributed by atoms with Crippen molar-refractivity contribution in [2.45, 2.75) is 23.5 Å². The molecule has 1 aromatic rings. The number of thiophene rings is 1. The number of ether oxygens (including phenoxy) is 1. The number of sulfonamides is 1. The zero-order valence-electron chi connectivity index (χ0n) is 12.3. The molecule has 0 aromatic carbocycles. The summed E-state index contributed by atoms with van der Waals surface area (Å²) in [6.45, 7) is 2.65. The van der Waals surface area contributed by atoms with E-state index in [4.69, 9.17) is 4.74 Å². The van der Waals surface area contributed by atoms with Crippen LogP contribution in [0.5, 0.6) is 0 Å². The quantitative estimate of drug-likeness (QED) is 0.886. The number of nitrogens with zero attached hydrogens (tertiary/aromatic N) is 1. The molecule has 3 rings (SSSR count). The molecule has 2 saturated heterocycles. The molecular weight excluding hydrogens is 324 g/mol. The molecule has 1 N–H and O–H groups in total. The molecule has 0 unspecified atom stereocenters. The number of carbonyl (C=O) groups excluding carboxylic acids is 1. The highest BCUT2D eigenvalue weighted by molar-refractivity contribution is 7.91. The van der Waals surface area contributed by atoms with Gasteiger partial charge in [-0.15, -0.1) is 11.3 Å². The van der Waals surface area contributed by atoms with Gasteiger partial charge in [-0.25, -0.2) is 13.1 Å². The van der Waals surface area contributed by atoms with Crippen molar-refractivity contribution in [1.82, 2.24) is 9.62 Å². The highest BCUT2D eigenvalue weighted by Crippen LogP contribution is 2.37. The van der Waals surface area contributed by atoms with Crippen molar-refractivity contribution in [1.29, 1.82) is 0 Å². The molecule has 6 nitrogen and oxygen atoms in total. The molecule has 1 atom stereocenters. The molecule has 0 aliphatic carbocycles. The third-order valence-electron chi connectivity index (χ3n) is 4.37. The Morgan fingerprint density at radius 1 is 1.45 bits per heavy atom. The Balaban J connectivity index is 1.58. The molecule has 122 valence electrons. The van der Waals surface area contributed by atoms with Crippen molar-refractivity contribution in [3.63, 3.8) is 0 Å². The average Bonchev–Trinajstić information content (AvgIpc) is 3.17. The maximum Gasteiger partial charge on any atom is 0.250 e. The smallest absolute Gasteiger partial charge is 0.250 e. The van der Waals surface area contributed by atoms with Gasteiger partial charge in [0.1, 0.15) is 4.21 Å². The molecule has 0 saturated carbocycles. The monoisotopic (exact) mass is 344 g/mol. The van der Waals surface area contributed by atoms with Crippen LogP contribution in [0.4, 0.5) is 0 Å². The second kappa shape index (κ2) is 6.27. The number of amides is 1. The van der Waals surface area contributed by atoms with Crippen LogP contribution in [0.2, 0.25) is 0 Å². The Labute approximate surface area is 134 Å². The summed E-state index contributed by atoms with van der Waals surface area (Å²) in [6, 6.07) is 3.21. The lowest BCUT2D eigenvalue weighted by atomic mass is 9.79. The third kappa shape index (κ3) is 3.34. The molecule has 2 aliphatic rings. The average molecular weight is 344 g/mol. The molecule has 1 aromatic heterocycles. The van der Waals surface area contributed by atoms with E-state index >= 15 is 0 Å². The van der Waals surface area contributed by atoms with Gasteiger partial charge in [0.25, 0.3) is 10.0 Å². The van der Waals surface area contributed by atoms with Crippen LogP contribution in [0.25, 0.3) is 0 Å². The zero-order valence-corrected chi connectivity index (χ0v) is 13.9. The first-order valence-corrected chi connectivity index (χ1v) is 9.76. The summed E-state index contributed by atoms with van der Waals surface area (Å²) in [4.78, 5) is 14.1. The summed E-state index contributed by atoms with van der Waals surface area (Å²) < 4.78 is 32.2. The van der Waals surface area contributed by atoms with Gasteiger partial charge < -0.3 is 9.64 Å². The van der Waals surface area contributed by atoms with Crippen LogP contribution in [0.3, 0.4) is 0 Å². The van der Waals surface area contributed by atoms with Crippen molar-refractivity contribution in [3.8, 4) is 0 Å². The number of hydrogen-bond acceptors (Lipinski definition) is 5. The fraction of sp³-hybridized carbons (Fsp3) is 0.643. The van der Waals surface area contributed by atoms with E-state index in [0.29, 0.717) is 19.7 Å². The normalized spacial score (nSPS) is 25.7. The molecule has 3 heterocycles. The van der Waals surface area contributed by atoms with E-state index in [1.54, 1.807) is 16.3 Å². The van der Waals surface area contributed by atoms with Crippen LogP contribution in [-0.4, -0.2) is 52.1 Å². The van der Waals surface area contributed by atoms with Gasteiger partial charge >= 0.3 is 0 Å². The fourth-order valence-corrected chi connectivity index (χ4v) is 5.16. The van der Waals surface area contributed by atoms with E-state index in [0.717, 1.165) is 37.2 Å². The predicted octanol–water partition coefficient (Wildman–Crippen LogP) is 1.06. The number of nitrogens with one attached hydrogen (secondary N) is 1. The lowest BCUT2D eigenvalue weighted by Gasteiger charge is -2.39. The second-order valence-electron chi connectivity index (χ2n) is 5.98. The van der Waals surface area contributed by atoms with Crippen LogP contribution in [0.1, 0.15) is 19.3 Å². The van der Waals surface area contributed by atoms with E-state index < -0.39 is 10.0 Å². The molecule has 0 bridgehead atoms. The van der Waals surface area contributed by atoms with Crippen molar-refractivity contribution in [2.24, 2.45) is 5.41 Å². The minimum absolute atomic E-state index is 0.0839. The summed E-state index contributed by atoms with van der Waals surface area (Å²) in [5.41, 5.74) is 0.0839. The maximum atomic E-state index is 12.3. The first kappa shape index (κ1) is 15.9.